The van der Waals surface area contributed by atoms with Crippen LogP contribution in [-0.2, 0) is 9.59 Å². The van der Waals surface area contributed by atoms with Crippen molar-refractivity contribution in [2.75, 3.05) is 33.2 Å². The first-order valence-electron chi connectivity index (χ1n) is 5.78. The van der Waals surface area contributed by atoms with Crippen molar-refractivity contribution in [3.63, 3.8) is 0 Å². The Morgan fingerprint density at radius 3 is 2.81 bits per heavy atom. The van der Waals surface area contributed by atoms with E-state index in [0.29, 0.717) is 5.92 Å². The molecule has 1 atom stereocenters. The van der Waals surface area contributed by atoms with Crippen molar-refractivity contribution in [1.29, 1.82) is 0 Å². The van der Waals surface area contributed by atoms with E-state index in [1.54, 1.807) is 11.9 Å². The number of nitrogens with zero attached hydrogens (tertiary/aromatic N) is 1. The van der Waals surface area contributed by atoms with Crippen molar-refractivity contribution in [3.05, 3.63) is 0 Å². The van der Waals surface area contributed by atoms with Crippen LogP contribution in [0.25, 0.3) is 0 Å². The van der Waals surface area contributed by atoms with Gasteiger partial charge >= 0.3 is 0 Å². The molecule has 92 valence electrons. The Hall–Kier alpha value is -1.10. The fourth-order valence-corrected chi connectivity index (χ4v) is 1.90. The van der Waals surface area contributed by atoms with E-state index in [2.05, 4.69) is 10.6 Å². The largest absolute Gasteiger partial charge is 0.347 e. The van der Waals surface area contributed by atoms with Gasteiger partial charge in [0.2, 0.25) is 11.8 Å². The van der Waals surface area contributed by atoms with Crippen LogP contribution in [0.2, 0.25) is 0 Å². The molecule has 1 rings (SSSR count). The summed E-state index contributed by atoms with van der Waals surface area (Å²) < 4.78 is 0. The lowest BCUT2D eigenvalue weighted by molar-refractivity contribution is -0.131. The Labute approximate surface area is 96.6 Å². The number of rotatable bonds is 4. The summed E-state index contributed by atoms with van der Waals surface area (Å²) in [7, 11) is 1.79. The predicted molar refractivity (Wildman–Crippen MR) is 61.9 cm³/mol. The fourth-order valence-electron chi connectivity index (χ4n) is 1.90. The van der Waals surface area contributed by atoms with E-state index in [1.165, 1.54) is 19.8 Å². The number of carbonyl (C=O) groups is 2. The smallest absolute Gasteiger partial charge is 0.241 e. The molecule has 5 nitrogen and oxygen atoms in total. The summed E-state index contributed by atoms with van der Waals surface area (Å²) in [5.74, 6) is 0.349. The molecule has 1 saturated heterocycles. The monoisotopic (exact) mass is 227 g/mol. The molecule has 5 heteroatoms. The van der Waals surface area contributed by atoms with Gasteiger partial charge < -0.3 is 15.5 Å². The van der Waals surface area contributed by atoms with Crippen molar-refractivity contribution in [2.45, 2.75) is 19.8 Å². The van der Waals surface area contributed by atoms with Crippen LogP contribution in [0.4, 0.5) is 0 Å². The third-order valence-corrected chi connectivity index (χ3v) is 2.85. The molecular formula is C11H21N3O2. The Morgan fingerprint density at radius 1 is 1.50 bits per heavy atom. The number of amides is 2. The van der Waals surface area contributed by atoms with Crippen LogP contribution >= 0.6 is 0 Å². The quantitative estimate of drug-likeness (QED) is 0.686. The molecule has 0 spiro atoms. The van der Waals surface area contributed by atoms with Gasteiger partial charge in [0.05, 0.1) is 6.54 Å². The maximum Gasteiger partial charge on any atom is 0.241 e. The highest BCUT2D eigenvalue weighted by Gasteiger charge is 2.17. The molecule has 16 heavy (non-hydrogen) atoms. The van der Waals surface area contributed by atoms with Gasteiger partial charge in [0.15, 0.2) is 0 Å². The zero-order chi connectivity index (χ0) is 12.0. The van der Waals surface area contributed by atoms with Gasteiger partial charge in [0, 0.05) is 20.5 Å². The second kappa shape index (κ2) is 6.48. The summed E-state index contributed by atoms with van der Waals surface area (Å²) in [6.07, 6.45) is 2.35. The molecule has 0 radical (unpaired) electrons. The molecule has 1 aliphatic heterocycles. The zero-order valence-corrected chi connectivity index (χ0v) is 10.1. The van der Waals surface area contributed by atoms with Crippen molar-refractivity contribution < 1.29 is 9.59 Å². The van der Waals surface area contributed by atoms with E-state index in [4.69, 9.17) is 0 Å². The highest BCUT2D eigenvalue weighted by atomic mass is 16.2. The summed E-state index contributed by atoms with van der Waals surface area (Å²) in [5.41, 5.74) is 0. The third-order valence-electron chi connectivity index (χ3n) is 2.85. The Bertz CT molecular complexity index is 250. The van der Waals surface area contributed by atoms with E-state index in [-0.39, 0.29) is 18.4 Å². The molecule has 1 heterocycles. The fraction of sp³-hybridized carbons (Fsp3) is 0.818. The summed E-state index contributed by atoms with van der Waals surface area (Å²) in [5, 5.41) is 5.84. The van der Waals surface area contributed by atoms with Crippen molar-refractivity contribution in [2.24, 2.45) is 5.92 Å². The van der Waals surface area contributed by atoms with Crippen molar-refractivity contribution in [3.8, 4) is 0 Å². The van der Waals surface area contributed by atoms with E-state index in [0.717, 1.165) is 19.6 Å². The molecule has 0 aromatic carbocycles. The van der Waals surface area contributed by atoms with Gasteiger partial charge in [-0.2, -0.15) is 0 Å². The molecule has 2 amide bonds. The van der Waals surface area contributed by atoms with Crippen LogP contribution in [0.1, 0.15) is 19.8 Å². The highest BCUT2D eigenvalue weighted by Crippen LogP contribution is 2.10. The van der Waals surface area contributed by atoms with Crippen LogP contribution in [0.5, 0.6) is 0 Å². The number of carbonyl (C=O) groups excluding carboxylic acids is 2. The van der Waals surface area contributed by atoms with Crippen LogP contribution in [-0.4, -0.2) is 49.9 Å². The van der Waals surface area contributed by atoms with Crippen LogP contribution in [0, 0.1) is 5.92 Å². The first-order chi connectivity index (χ1) is 7.59. The van der Waals surface area contributed by atoms with Gasteiger partial charge in [-0.1, -0.05) is 0 Å². The van der Waals surface area contributed by atoms with Crippen LogP contribution in [0.15, 0.2) is 0 Å². The van der Waals surface area contributed by atoms with Crippen LogP contribution in [0.3, 0.4) is 0 Å². The maximum absolute atomic E-state index is 11.6. The lowest BCUT2D eigenvalue weighted by atomic mass is 9.99. The second-order valence-corrected chi connectivity index (χ2v) is 4.40. The normalized spacial score (nSPS) is 20.2. The SMILES string of the molecule is CC(=O)NCC(=O)N(C)CC1CCCNC1. The molecule has 1 fully saturated rings. The molecule has 0 aromatic rings. The maximum atomic E-state index is 11.6. The van der Waals surface area contributed by atoms with Crippen molar-refractivity contribution >= 4 is 11.8 Å². The standard InChI is InChI=1S/C11H21N3O2/c1-9(15)13-7-11(16)14(2)8-10-4-3-5-12-6-10/h10,12H,3-8H2,1-2H3,(H,13,15). The average molecular weight is 227 g/mol. The average Bonchev–Trinajstić information content (AvgIpc) is 2.27. The Kier molecular flexibility index (Phi) is 5.25. The molecule has 1 unspecified atom stereocenters. The zero-order valence-electron chi connectivity index (χ0n) is 10.1. The van der Waals surface area contributed by atoms with Gasteiger partial charge in [-0.15, -0.1) is 0 Å². The Balaban J connectivity index is 2.24. The molecule has 0 aromatic heterocycles. The molecular weight excluding hydrogens is 206 g/mol. The third kappa shape index (κ3) is 4.61. The van der Waals surface area contributed by atoms with Gasteiger partial charge in [0.1, 0.15) is 0 Å². The number of piperidine rings is 1. The second-order valence-electron chi connectivity index (χ2n) is 4.40. The highest BCUT2D eigenvalue weighted by molar-refractivity contribution is 5.83. The van der Waals surface area contributed by atoms with E-state index < -0.39 is 0 Å². The lowest BCUT2D eigenvalue weighted by Crippen LogP contribution is -2.42. The van der Waals surface area contributed by atoms with E-state index >= 15 is 0 Å². The van der Waals surface area contributed by atoms with E-state index in [1.807, 2.05) is 0 Å². The molecule has 0 aliphatic carbocycles. The topological polar surface area (TPSA) is 61.4 Å². The van der Waals surface area contributed by atoms with E-state index in [9.17, 15) is 9.59 Å². The predicted octanol–water partition coefficient (Wildman–Crippen LogP) is -0.419. The van der Waals surface area contributed by atoms with Gasteiger partial charge in [-0.05, 0) is 31.8 Å². The molecule has 0 bridgehead atoms. The summed E-state index contributed by atoms with van der Waals surface area (Å²) in [6, 6.07) is 0. The number of hydrogen-bond donors (Lipinski definition) is 2. The summed E-state index contributed by atoms with van der Waals surface area (Å²) >= 11 is 0. The number of hydrogen-bond acceptors (Lipinski definition) is 3. The minimum Gasteiger partial charge on any atom is -0.347 e. The molecule has 2 N–H and O–H groups in total. The number of nitrogens with one attached hydrogen (secondary N) is 2. The van der Waals surface area contributed by atoms with Crippen molar-refractivity contribution in [1.82, 2.24) is 15.5 Å². The minimum absolute atomic E-state index is 0.0271. The molecule has 1 aliphatic rings. The summed E-state index contributed by atoms with van der Waals surface area (Å²) in [6.45, 7) is 4.35. The first-order valence-corrected chi connectivity index (χ1v) is 5.78. The summed E-state index contributed by atoms with van der Waals surface area (Å²) in [4.78, 5) is 24.0. The van der Waals surface area contributed by atoms with Gasteiger partial charge in [0.25, 0.3) is 0 Å². The lowest BCUT2D eigenvalue weighted by Gasteiger charge is -2.27. The first kappa shape index (κ1) is 13.0. The van der Waals surface area contributed by atoms with Crippen LogP contribution < -0.4 is 10.6 Å². The van der Waals surface area contributed by atoms with Gasteiger partial charge in [-0.25, -0.2) is 0 Å². The Morgan fingerprint density at radius 2 is 2.25 bits per heavy atom. The molecule has 0 saturated carbocycles. The minimum atomic E-state index is -0.166. The van der Waals surface area contributed by atoms with Gasteiger partial charge in [-0.3, -0.25) is 9.59 Å². The number of likely N-dealkylation sites (N-methyl/N-ethyl adjacent to an activating group) is 1.